The second kappa shape index (κ2) is 6.93. The van der Waals surface area contributed by atoms with E-state index in [1.807, 2.05) is 6.07 Å². The molecule has 1 aromatic rings. The minimum absolute atomic E-state index is 0.111. The fraction of sp³-hybridized carbons (Fsp3) is 0.429. The third-order valence-corrected chi connectivity index (χ3v) is 3.78. The number of aliphatic hydroxyl groups is 1. The third kappa shape index (κ3) is 3.67. The average molecular weight is 320 g/mol. The van der Waals surface area contributed by atoms with Crippen molar-refractivity contribution in [1.29, 1.82) is 5.26 Å². The quantitative estimate of drug-likeness (QED) is 0.540. The highest BCUT2D eigenvalue weighted by Gasteiger charge is 2.35. The van der Waals surface area contributed by atoms with Crippen LogP contribution in [0.5, 0.6) is 0 Å². The van der Waals surface area contributed by atoms with Crippen LogP contribution >= 0.6 is 0 Å². The number of hydrogen-bond acceptors (Lipinski definition) is 6. The maximum atomic E-state index is 11.2. The lowest BCUT2D eigenvalue weighted by Gasteiger charge is -2.25. The van der Waals surface area contributed by atoms with Crippen molar-refractivity contribution in [3.8, 4) is 6.07 Å². The van der Waals surface area contributed by atoms with Gasteiger partial charge in [-0.25, -0.2) is 4.79 Å². The zero-order chi connectivity index (χ0) is 17.0. The van der Waals surface area contributed by atoms with Crippen LogP contribution in [-0.2, 0) is 6.42 Å². The van der Waals surface area contributed by atoms with Crippen LogP contribution in [0.15, 0.2) is 18.2 Å². The molecule has 0 bridgehead atoms. The Balaban J connectivity index is 2.37. The predicted octanol–water partition coefficient (Wildman–Crippen LogP) is 0.868. The molecule has 9 nitrogen and oxygen atoms in total. The fourth-order valence-corrected chi connectivity index (χ4v) is 2.82. The Kier molecular flexibility index (Phi) is 4.98. The SMILES string of the molecule is N#CCc1ccc([N+](=O)[O-])c(N2CC(NC(=O)O)CC2CO)c1. The summed E-state index contributed by atoms with van der Waals surface area (Å²) in [5.41, 5.74) is 0.775. The van der Waals surface area contributed by atoms with Crippen molar-refractivity contribution in [2.45, 2.75) is 24.9 Å². The van der Waals surface area contributed by atoms with Crippen LogP contribution in [0, 0.1) is 21.4 Å². The molecule has 1 aliphatic rings. The van der Waals surface area contributed by atoms with Gasteiger partial charge in [0.1, 0.15) is 5.69 Å². The van der Waals surface area contributed by atoms with Crippen LogP contribution in [0.4, 0.5) is 16.2 Å². The number of aliphatic hydroxyl groups excluding tert-OH is 1. The summed E-state index contributed by atoms with van der Waals surface area (Å²) in [5.74, 6) is 0. The van der Waals surface area contributed by atoms with Gasteiger partial charge in [0, 0.05) is 12.6 Å². The lowest BCUT2D eigenvalue weighted by Crippen LogP contribution is -2.36. The predicted molar refractivity (Wildman–Crippen MR) is 80.2 cm³/mol. The van der Waals surface area contributed by atoms with E-state index in [1.165, 1.54) is 12.1 Å². The van der Waals surface area contributed by atoms with E-state index in [0.29, 0.717) is 12.0 Å². The summed E-state index contributed by atoms with van der Waals surface area (Å²) in [6.45, 7) is -0.0359. The lowest BCUT2D eigenvalue weighted by atomic mass is 10.1. The van der Waals surface area contributed by atoms with Gasteiger partial charge in [-0.3, -0.25) is 10.1 Å². The van der Waals surface area contributed by atoms with Crippen LogP contribution in [0.1, 0.15) is 12.0 Å². The van der Waals surface area contributed by atoms with E-state index in [-0.39, 0.29) is 30.9 Å². The van der Waals surface area contributed by atoms with Crippen molar-refractivity contribution < 1.29 is 19.9 Å². The van der Waals surface area contributed by atoms with Crippen LogP contribution in [0.25, 0.3) is 0 Å². The van der Waals surface area contributed by atoms with Crippen molar-refractivity contribution >= 4 is 17.5 Å². The molecule has 2 rings (SSSR count). The first-order chi connectivity index (χ1) is 11.0. The highest BCUT2D eigenvalue weighted by atomic mass is 16.6. The number of amides is 1. The number of rotatable bonds is 5. The number of carboxylic acid groups (broad SMARTS) is 1. The first-order valence-corrected chi connectivity index (χ1v) is 6.97. The lowest BCUT2D eigenvalue weighted by molar-refractivity contribution is -0.384. The Morgan fingerprint density at radius 2 is 2.30 bits per heavy atom. The highest BCUT2D eigenvalue weighted by molar-refractivity contribution is 5.68. The number of nitro groups is 1. The second-order valence-corrected chi connectivity index (χ2v) is 5.29. The summed E-state index contributed by atoms with van der Waals surface area (Å²) in [4.78, 5) is 23.1. The van der Waals surface area contributed by atoms with Crippen LogP contribution in [0.3, 0.4) is 0 Å². The van der Waals surface area contributed by atoms with Gasteiger partial charge in [-0.1, -0.05) is 6.07 Å². The Labute approximate surface area is 131 Å². The molecule has 2 unspecified atom stereocenters. The zero-order valence-corrected chi connectivity index (χ0v) is 12.2. The molecule has 122 valence electrons. The average Bonchev–Trinajstić information content (AvgIpc) is 2.89. The molecule has 9 heteroatoms. The van der Waals surface area contributed by atoms with Gasteiger partial charge < -0.3 is 20.4 Å². The number of nitriles is 1. The van der Waals surface area contributed by atoms with Gasteiger partial charge in [-0.15, -0.1) is 0 Å². The van der Waals surface area contributed by atoms with E-state index in [9.17, 15) is 20.0 Å². The second-order valence-electron chi connectivity index (χ2n) is 5.29. The van der Waals surface area contributed by atoms with Gasteiger partial charge in [0.15, 0.2) is 0 Å². The maximum absolute atomic E-state index is 11.2. The number of hydrogen-bond donors (Lipinski definition) is 3. The summed E-state index contributed by atoms with van der Waals surface area (Å²) < 4.78 is 0. The normalized spacial score (nSPS) is 20.1. The number of carbonyl (C=O) groups is 1. The van der Waals surface area contributed by atoms with Crippen LogP contribution < -0.4 is 10.2 Å². The molecule has 1 fully saturated rings. The number of nitrogens with zero attached hydrogens (tertiary/aromatic N) is 3. The summed E-state index contributed by atoms with van der Waals surface area (Å²) in [5, 5.41) is 40.7. The van der Waals surface area contributed by atoms with Crippen molar-refractivity contribution in [2.75, 3.05) is 18.1 Å². The molecular weight excluding hydrogens is 304 g/mol. The van der Waals surface area contributed by atoms with E-state index in [4.69, 9.17) is 10.4 Å². The van der Waals surface area contributed by atoms with Gasteiger partial charge in [-0.2, -0.15) is 5.26 Å². The van der Waals surface area contributed by atoms with Crippen LogP contribution in [0.2, 0.25) is 0 Å². The summed E-state index contributed by atoms with van der Waals surface area (Å²) >= 11 is 0. The van der Waals surface area contributed by atoms with Crippen molar-refractivity contribution in [3.05, 3.63) is 33.9 Å². The van der Waals surface area contributed by atoms with Crippen LogP contribution in [-0.4, -0.2) is 46.5 Å². The summed E-state index contributed by atoms with van der Waals surface area (Å²) in [6, 6.07) is 5.52. The van der Waals surface area contributed by atoms with Gasteiger partial charge in [-0.05, 0) is 18.1 Å². The molecular formula is C14H16N4O5. The molecule has 23 heavy (non-hydrogen) atoms. The largest absolute Gasteiger partial charge is 0.465 e. The van der Waals surface area contributed by atoms with Gasteiger partial charge in [0.05, 0.1) is 36.1 Å². The molecule has 1 amide bonds. The standard InChI is InChI=1S/C14H16N4O5/c15-4-3-9-1-2-12(18(22)23)13(5-9)17-7-10(16-14(20)21)6-11(17)8-19/h1-2,5,10-11,16,19H,3,6-8H2,(H,20,21). The molecule has 0 aliphatic carbocycles. The first-order valence-electron chi connectivity index (χ1n) is 6.97. The molecule has 1 aromatic carbocycles. The van der Waals surface area contributed by atoms with Gasteiger partial charge in [0.25, 0.3) is 5.69 Å². The molecule has 1 saturated heterocycles. The molecule has 1 aliphatic heterocycles. The Hall–Kier alpha value is -2.86. The number of nitro benzene ring substituents is 1. The van der Waals surface area contributed by atoms with Gasteiger partial charge >= 0.3 is 6.09 Å². The van der Waals surface area contributed by atoms with Crippen molar-refractivity contribution in [3.63, 3.8) is 0 Å². The molecule has 0 saturated carbocycles. The van der Waals surface area contributed by atoms with E-state index >= 15 is 0 Å². The topological polar surface area (TPSA) is 140 Å². The maximum Gasteiger partial charge on any atom is 0.404 e. The summed E-state index contributed by atoms with van der Waals surface area (Å²) in [7, 11) is 0. The molecule has 2 atom stereocenters. The Morgan fingerprint density at radius 3 is 2.87 bits per heavy atom. The number of anilines is 1. The van der Waals surface area contributed by atoms with Gasteiger partial charge in [0.2, 0.25) is 0 Å². The van der Waals surface area contributed by atoms with Crippen molar-refractivity contribution in [2.24, 2.45) is 0 Å². The van der Waals surface area contributed by atoms with E-state index < -0.39 is 23.1 Å². The highest BCUT2D eigenvalue weighted by Crippen LogP contribution is 2.34. The molecule has 0 radical (unpaired) electrons. The van der Waals surface area contributed by atoms with E-state index in [2.05, 4.69) is 5.32 Å². The zero-order valence-electron chi connectivity index (χ0n) is 12.2. The number of benzene rings is 1. The first kappa shape index (κ1) is 16.5. The molecule has 3 N–H and O–H groups in total. The summed E-state index contributed by atoms with van der Waals surface area (Å²) in [6.07, 6.45) is -0.719. The van der Waals surface area contributed by atoms with E-state index in [0.717, 1.165) is 0 Å². The Morgan fingerprint density at radius 1 is 1.57 bits per heavy atom. The van der Waals surface area contributed by atoms with E-state index in [1.54, 1.807) is 11.0 Å². The monoisotopic (exact) mass is 320 g/mol. The minimum atomic E-state index is -1.18. The fourth-order valence-electron chi connectivity index (χ4n) is 2.82. The molecule has 0 spiro atoms. The molecule has 0 aromatic heterocycles. The smallest absolute Gasteiger partial charge is 0.404 e. The third-order valence-electron chi connectivity index (χ3n) is 3.78. The minimum Gasteiger partial charge on any atom is -0.465 e. The Bertz CT molecular complexity index is 657. The molecule has 1 heterocycles. The van der Waals surface area contributed by atoms with Crippen molar-refractivity contribution in [1.82, 2.24) is 5.32 Å². The number of nitrogens with one attached hydrogen (secondary N) is 1.